The Hall–Kier alpha value is -4.93. The monoisotopic (exact) mass is 786 g/mol. The van der Waals surface area contributed by atoms with Crippen molar-refractivity contribution in [1.29, 1.82) is 0 Å². The van der Waals surface area contributed by atoms with Crippen molar-refractivity contribution in [2.75, 3.05) is 55.4 Å². The third-order valence-corrected chi connectivity index (χ3v) is 9.64. The summed E-state index contributed by atoms with van der Waals surface area (Å²) in [7, 11) is -2.98. The summed E-state index contributed by atoms with van der Waals surface area (Å²) in [5.74, 6) is 0.875. The van der Waals surface area contributed by atoms with Crippen LogP contribution in [0.2, 0.25) is 0 Å². The van der Waals surface area contributed by atoms with E-state index in [1.165, 1.54) is 6.26 Å². The predicted molar refractivity (Wildman–Crippen MR) is 208 cm³/mol. The number of nitrogens with one attached hydrogen (secondary N) is 2. The van der Waals surface area contributed by atoms with Crippen LogP contribution < -0.4 is 15.4 Å². The third kappa shape index (κ3) is 13.1. The molecule has 0 saturated carbocycles. The first kappa shape index (κ1) is 41.2. The highest BCUT2D eigenvalue weighted by Crippen LogP contribution is 2.27. The zero-order valence-electron chi connectivity index (χ0n) is 32.7. The molecule has 302 valence electrons. The lowest BCUT2D eigenvalue weighted by Gasteiger charge is -2.33. The van der Waals surface area contributed by atoms with Crippen LogP contribution in [0, 0.1) is 0 Å². The molecule has 16 nitrogen and oxygen atoms in total. The van der Waals surface area contributed by atoms with Crippen molar-refractivity contribution in [3.05, 3.63) is 36.4 Å². The molecule has 2 aliphatic heterocycles. The van der Waals surface area contributed by atoms with E-state index < -0.39 is 21.0 Å². The summed E-state index contributed by atoms with van der Waals surface area (Å²) in [6, 6.07) is 11.4. The number of likely N-dealkylation sites (tertiary alicyclic amines) is 2. The van der Waals surface area contributed by atoms with E-state index in [9.17, 15) is 23.1 Å². The van der Waals surface area contributed by atoms with Crippen LogP contribution in [0.1, 0.15) is 73.6 Å². The molecule has 4 heterocycles. The molecule has 3 N–H and O–H groups in total. The van der Waals surface area contributed by atoms with Gasteiger partial charge in [-0.1, -0.05) is 0 Å². The molecule has 55 heavy (non-hydrogen) atoms. The summed E-state index contributed by atoms with van der Waals surface area (Å²) in [4.78, 5) is 36.5. The van der Waals surface area contributed by atoms with Crippen molar-refractivity contribution >= 4 is 56.3 Å². The van der Waals surface area contributed by atoms with Gasteiger partial charge in [-0.3, -0.25) is 0 Å². The minimum Gasteiger partial charge on any atom is -0.508 e. The quantitative estimate of drug-likeness (QED) is 0.150. The van der Waals surface area contributed by atoms with E-state index in [2.05, 4.69) is 20.6 Å². The number of hydrogen-bond donors (Lipinski definition) is 3. The zero-order valence-corrected chi connectivity index (χ0v) is 33.5. The second-order valence-electron chi connectivity index (χ2n) is 15.9. The largest absolute Gasteiger partial charge is 0.508 e. The number of phenols is 1. The van der Waals surface area contributed by atoms with Crippen molar-refractivity contribution in [3.63, 3.8) is 0 Å². The average molecular weight is 787 g/mol. The number of hydrogen-bond acceptors (Lipinski definition) is 14. The number of carbonyl (C=O) groups is 2. The smallest absolute Gasteiger partial charge is 0.410 e. The minimum atomic E-state index is -2.98. The Kier molecular flexibility index (Phi) is 12.9. The number of benzene rings is 2. The number of aromatic nitrogens is 2. The van der Waals surface area contributed by atoms with Gasteiger partial charge >= 0.3 is 12.2 Å². The van der Waals surface area contributed by atoms with E-state index >= 15 is 0 Å². The highest BCUT2D eigenvalue weighted by molar-refractivity contribution is 7.90. The first-order valence-corrected chi connectivity index (χ1v) is 20.6. The topological polar surface area (TPSA) is 199 Å². The highest BCUT2D eigenvalue weighted by Gasteiger charge is 2.29. The molecule has 17 heteroatoms. The standard InChI is InChI=1S/C21H31N3O6S.C17H23N3O4/c1-21(2,3)30-20(25)24-10-8-15(9-11-24)22-19-23-17-14-16(6-7-18(17)29-19)28-12-5-13-31(4,26)27;1-17(2,3)24-16(22)20-8-6-11(7-9-20)18-15-19-13-10-12(21)4-5-14(13)23-15/h6-7,14-15H,5,8-13H2,1-4H3,(H,22,23);4-5,10-11,21H,6-9H2,1-3H3,(H,18,19). The Morgan fingerprint density at radius 3 is 1.69 bits per heavy atom. The van der Waals surface area contributed by atoms with Gasteiger partial charge in [0.05, 0.1) is 12.4 Å². The molecule has 0 bridgehead atoms. The number of amides is 2. The van der Waals surface area contributed by atoms with Gasteiger partial charge in [-0.25, -0.2) is 18.0 Å². The Morgan fingerprint density at radius 1 is 0.782 bits per heavy atom. The van der Waals surface area contributed by atoms with Gasteiger partial charge in [0.2, 0.25) is 0 Å². The molecule has 2 aromatic carbocycles. The van der Waals surface area contributed by atoms with Crippen molar-refractivity contribution < 1.29 is 46.2 Å². The number of carbonyl (C=O) groups excluding carboxylic acids is 2. The summed E-state index contributed by atoms with van der Waals surface area (Å²) in [6.45, 7) is 14.0. The second kappa shape index (κ2) is 17.3. The molecule has 0 atom stereocenters. The number of sulfone groups is 1. The fourth-order valence-electron chi connectivity index (χ4n) is 5.96. The molecule has 4 aromatic rings. The fourth-order valence-corrected chi connectivity index (χ4v) is 6.60. The van der Waals surface area contributed by atoms with Crippen LogP contribution in [0.3, 0.4) is 0 Å². The van der Waals surface area contributed by atoms with Crippen molar-refractivity contribution in [1.82, 2.24) is 19.8 Å². The van der Waals surface area contributed by atoms with Gasteiger partial charge in [0.25, 0.3) is 12.0 Å². The predicted octanol–water partition coefficient (Wildman–Crippen LogP) is 6.80. The number of aromatic hydroxyl groups is 1. The number of oxazole rings is 2. The second-order valence-corrected chi connectivity index (χ2v) is 18.2. The van der Waals surface area contributed by atoms with Crippen LogP contribution in [0.4, 0.5) is 21.6 Å². The number of anilines is 2. The fraction of sp³-hybridized carbons (Fsp3) is 0.579. The lowest BCUT2D eigenvalue weighted by molar-refractivity contribution is 0.0199. The van der Waals surface area contributed by atoms with Crippen LogP contribution in [0.15, 0.2) is 45.2 Å². The Morgan fingerprint density at radius 2 is 1.24 bits per heavy atom. The Balaban J connectivity index is 0.000000218. The lowest BCUT2D eigenvalue weighted by atomic mass is 10.1. The first-order valence-electron chi connectivity index (χ1n) is 18.6. The van der Waals surface area contributed by atoms with Gasteiger partial charge in [0.15, 0.2) is 11.2 Å². The van der Waals surface area contributed by atoms with E-state index in [1.807, 2.05) is 41.5 Å². The Labute approximate surface area is 321 Å². The van der Waals surface area contributed by atoms with Crippen molar-refractivity contribution in [2.45, 2.75) is 96.9 Å². The maximum Gasteiger partial charge on any atom is 0.410 e. The van der Waals surface area contributed by atoms with E-state index in [1.54, 1.807) is 46.2 Å². The van der Waals surface area contributed by atoms with Crippen LogP contribution in [-0.2, 0) is 19.3 Å². The van der Waals surface area contributed by atoms with Crippen molar-refractivity contribution in [2.24, 2.45) is 0 Å². The van der Waals surface area contributed by atoms with Gasteiger partial charge in [0, 0.05) is 56.7 Å². The van der Waals surface area contributed by atoms with Crippen molar-refractivity contribution in [3.8, 4) is 11.5 Å². The summed E-state index contributed by atoms with van der Waals surface area (Å²) in [6.07, 6.45) is 4.23. The SMILES string of the molecule is CC(C)(C)OC(=O)N1CCC(Nc2nc3cc(O)ccc3o2)CC1.CC(C)(C)OC(=O)N1CCC(Nc2nc3cc(OCCCS(C)(=O)=O)ccc3o2)CC1. The molecule has 0 radical (unpaired) electrons. The van der Waals surface area contributed by atoms with Gasteiger partial charge in [-0.05, 0) is 97.9 Å². The number of rotatable bonds is 9. The molecule has 2 aliphatic rings. The molecule has 2 fully saturated rings. The van der Waals surface area contributed by atoms with E-state index in [-0.39, 0.29) is 35.8 Å². The van der Waals surface area contributed by atoms with Crippen LogP contribution in [0.5, 0.6) is 11.5 Å². The summed E-state index contributed by atoms with van der Waals surface area (Å²) >= 11 is 0. The Bertz CT molecular complexity index is 2020. The molecule has 6 rings (SSSR count). The number of phenolic OH excluding ortho intramolecular Hbond substituents is 1. The molecule has 0 unspecified atom stereocenters. The number of fused-ring (bicyclic) bond motifs is 2. The summed E-state index contributed by atoms with van der Waals surface area (Å²) < 4.78 is 50.2. The maximum atomic E-state index is 12.2. The number of ether oxygens (including phenoxy) is 3. The maximum absolute atomic E-state index is 12.2. The van der Waals surface area contributed by atoms with Gasteiger partial charge < -0.3 is 48.6 Å². The van der Waals surface area contributed by atoms with Crippen LogP contribution in [0.25, 0.3) is 22.2 Å². The van der Waals surface area contributed by atoms with E-state index in [0.29, 0.717) is 79.2 Å². The van der Waals surface area contributed by atoms with Gasteiger partial charge in [0.1, 0.15) is 43.6 Å². The summed E-state index contributed by atoms with van der Waals surface area (Å²) in [5.41, 5.74) is 1.56. The normalized spacial score (nSPS) is 16.1. The van der Waals surface area contributed by atoms with E-state index in [4.69, 9.17) is 23.0 Å². The third-order valence-electron chi connectivity index (χ3n) is 8.61. The summed E-state index contributed by atoms with van der Waals surface area (Å²) in [5, 5.41) is 16.0. The average Bonchev–Trinajstić information content (AvgIpc) is 3.67. The first-order chi connectivity index (χ1) is 25.8. The molecule has 2 saturated heterocycles. The molecule has 0 spiro atoms. The van der Waals surface area contributed by atoms with Crippen LogP contribution in [-0.4, -0.2) is 114 Å². The van der Waals surface area contributed by atoms with Crippen LogP contribution >= 0.6 is 0 Å². The van der Waals surface area contributed by atoms with E-state index in [0.717, 1.165) is 25.7 Å². The minimum absolute atomic E-state index is 0.0972. The van der Waals surface area contributed by atoms with Gasteiger partial charge in [-0.15, -0.1) is 0 Å². The number of piperidine rings is 2. The molecular weight excluding hydrogens is 733 g/mol. The molecular formula is C38H54N6O10S. The molecule has 0 aliphatic carbocycles. The van der Waals surface area contributed by atoms with Gasteiger partial charge in [-0.2, -0.15) is 9.97 Å². The molecule has 2 aromatic heterocycles. The number of nitrogens with zero attached hydrogens (tertiary/aromatic N) is 4. The zero-order chi connectivity index (χ0) is 40.0. The molecule has 2 amide bonds. The highest BCUT2D eigenvalue weighted by atomic mass is 32.2. The lowest BCUT2D eigenvalue weighted by Crippen LogP contribution is -2.44.